The number of hydrogen-bond acceptors (Lipinski definition) is 4. The topological polar surface area (TPSA) is 96.5 Å². The van der Waals surface area contributed by atoms with Crippen LogP contribution >= 0.6 is 0 Å². The second-order valence-electron chi connectivity index (χ2n) is 6.37. The lowest BCUT2D eigenvalue weighted by Crippen LogP contribution is -2.45. The molecule has 0 aliphatic carbocycles. The van der Waals surface area contributed by atoms with Crippen LogP contribution in [0.15, 0.2) is 30.3 Å². The van der Waals surface area contributed by atoms with Crippen molar-refractivity contribution in [3.63, 3.8) is 0 Å². The summed E-state index contributed by atoms with van der Waals surface area (Å²) in [5.74, 6) is -0.0261. The van der Waals surface area contributed by atoms with Crippen molar-refractivity contribution in [3.8, 4) is 0 Å². The van der Waals surface area contributed by atoms with E-state index in [1.54, 1.807) is 31.2 Å². The molecule has 0 saturated heterocycles. The summed E-state index contributed by atoms with van der Waals surface area (Å²) < 4.78 is 4.88. The summed E-state index contributed by atoms with van der Waals surface area (Å²) in [6.07, 6.45) is 0.415. The Morgan fingerprint density at radius 2 is 1.77 bits per heavy atom. The van der Waals surface area contributed by atoms with Gasteiger partial charge < -0.3 is 20.7 Å². The maximum absolute atomic E-state index is 12.0. The van der Waals surface area contributed by atoms with Crippen LogP contribution in [0.2, 0.25) is 0 Å². The van der Waals surface area contributed by atoms with Crippen molar-refractivity contribution in [1.82, 2.24) is 16.0 Å². The average Bonchev–Trinajstić information content (AvgIpc) is 2.60. The lowest BCUT2D eigenvalue weighted by atomic mass is 10.0. The van der Waals surface area contributed by atoms with Crippen LogP contribution in [0.4, 0.5) is 4.79 Å². The Morgan fingerprint density at radius 3 is 2.38 bits per heavy atom. The van der Waals surface area contributed by atoms with Gasteiger partial charge in [0, 0.05) is 31.1 Å². The molecule has 1 aromatic carbocycles. The van der Waals surface area contributed by atoms with E-state index in [4.69, 9.17) is 4.74 Å². The smallest absolute Gasteiger partial charge is 0.407 e. The van der Waals surface area contributed by atoms with E-state index in [1.807, 2.05) is 19.9 Å². The van der Waals surface area contributed by atoms with Crippen molar-refractivity contribution in [2.75, 3.05) is 19.7 Å². The van der Waals surface area contributed by atoms with Gasteiger partial charge in [-0.25, -0.2) is 4.79 Å². The van der Waals surface area contributed by atoms with Crippen molar-refractivity contribution in [2.24, 2.45) is 5.92 Å². The summed E-state index contributed by atoms with van der Waals surface area (Å²) in [4.78, 5) is 35.4. The maximum atomic E-state index is 12.0. The second-order valence-corrected chi connectivity index (χ2v) is 6.37. The number of ether oxygens (including phenoxy) is 1. The Labute approximate surface area is 154 Å². The van der Waals surface area contributed by atoms with Crippen molar-refractivity contribution in [2.45, 2.75) is 39.7 Å². The molecule has 0 unspecified atom stereocenters. The molecule has 1 atom stereocenters. The molecule has 1 rings (SSSR count). The fourth-order valence-electron chi connectivity index (χ4n) is 2.41. The van der Waals surface area contributed by atoms with E-state index in [-0.39, 0.29) is 30.8 Å². The Balaban J connectivity index is 2.33. The average molecular weight is 363 g/mol. The molecule has 26 heavy (non-hydrogen) atoms. The van der Waals surface area contributed by atoms with Gasteiger partial charge >= 0.3 is 6.09 Å². The summed E-state index contributed by atoms with van der Waals surface area (Å²) >= 11 is 0. The number of benzene rings is 1. The molecule has 0 aliphatic rings. The first kappa shape index (κ1) is 21.5. The van der Waals surface area contributed by atoms with E-state index in [1.165, 1.54) is 0 Å². The van der Waals surface area contributed by atoms with Gasteiger partial charge in [-0.2, -0.15) is 0 Å². The van der Waals surface area contributed by atoms with Gasteiger partial charge in [-0.05, 0) is 31.4 Å². The number of carbonyl (C=O) groups excluding carboxylic acids is 3. The highest BCUT2D eigenvalue weighted by molar-refractivity contribution is 5.94. The van der Waals surface area contributed by atoms with Crippen molar-refractivity contribution < 1.29 is 19.1 Å². The predicted molar refractivity (Wildman–Crippen MR) is 99.8 cm³/mol. The molecule has 0 fully saturated rings. The highest BCUT2D eigenvalue weighted by atomic mass is 16.5. The summed E-state index contributed by atoms with van der Waals surface area (Å²) in [6, 6.07) is 8.64. The standard InChI is InChI=1S/C19H29N3O4/c1-4-26-19(25)22-16(12-14(2)3)13-21-17(23)10-11-20-18(24)15-8-6-5-7-9-15/h5-9,14,16H,4,10-13H2,1-3H3,(H,20,24)(H,21,23)(H,22,25)/t16-/m1/s1. The van der Waals surface area contributed by atoms with Crippen LogP contribution in [0.25, 0.3) is 0 Å². The van der Waals surface area contributed by atoms with Crippen molar-refractivity contribution in [1.29, 1.82) is 0 Å². The third-order valence-corrected chi connectivity index (χ3v) is 3.57. The minimum absolute atomic E-state index is 0.173. The normalized spacial score (nSPS) is 11.5. The minimum Gasteiger partial charge on any atom is -0.450 e. The Hall–Kier alpha value is -2.57. The lowest BCUT2D eigenvalue weighted by Gasteiger charge is -2.20. The van der Waals surface area contributed by atoms with Gasteiger partial charge in [0.15, 0.2) is 0 Å². The van der Waals surface area contributed by atoms with Crippen molar-refractivity contribution in [3.05, 3.63) is 35.9 Å². The zero-order valence-electron chi connectivity index (χ0n) is 15.7. The molecule has 0 saturated carbocycles. The Morgan fingerprint density at radius 1 is 1.08 bits per heavy atom. The molecule has 144 valence electrons. The number of hydrogen-bond donors (Lipinski definition) is 3. The molecular formula is C19H29N3O4. The molecule has 0 aliphatic heterocycles. The van der Waals surface area contributed by atoms with Gasteiger partial charge in [-0.1, -0.05) is 32.0 Å². The molecule has 0 spiro atoms. The molecule has 1 aromatic rings. The molecule has 0 heterocycles. The molecule has 7 heteroatoms. The van der Waals surface area contributed by atoms with Crippen LogP contribution in [0.5, 0.6) is 0 Å². The van der Waals surface area contributed by atoms with Gasteiger partial charge in [0.05, 0.1) is 6.61 Å². The predicted octanol–water partition coefficient (Wildman–Crippen LogP) is 2.08. The van der Waals surface area contributed by atoms with E-state index < -0.39 is 6.09 Å². The van der Waals surface area contributed by atoms with Gasteiger partial charge in [0.1, 0.15) is 0 Å². The molecule has 0 bridgehead atoms. The molecule has 3 amide bonds. The van der Waals surface area contributed by atoms with Crippen molar-refractivity contribution >= 4 is 17.9 Å². The highest BCUT2D eigenvalue weighted by Gasteiger charge is 2.16. The van der Waals surface area contributed by atoms with Gasteiger partial charge in [-0.15, -0.1) is 0 Å². The third-order valence-electron chi connectivity index (χ3n) is 3.57. The number of rotatable bonds is 10. The van der Waals surface area contributed by atoms with E-state index in [9.17, 15) is 14.4 Å². The molecule has 0 radical (unpaired) electrons. The van der Waals surface area contributed by atoms with Gasteiger partial charge in [-0.3, -0.25) is 9.59 Å². The second kappa shape index (κ2) is 11.9. The zero-order chi connectivity index (χ0) is 19.4. The van der Waals surface area contributed by atoms with E-state index >= 15 is 0 Å². The minimum atomic E-state index is -0.484. The largest absolute Gasteiger partial charge is 0.450 e. The maximum Gasteiger partial charge on any atom is 0.407 e. The van der Waals surface area contributed by atoms with Crippen LogP contribution < -0.4 is 16.0 Å². The summed E-state index contributed by atoms with van der Waals surface area (Å²) in [7, 11) is 0. The van der Waals surface area contributed by atoms with E-state index in [0.29, 0.717) is 24.6 Å². The summed E-state index contributed by atoms with van der Waals surface area (Å²) in [6.45, 7) is 6.69. The summed E-state index contributed by atoms with van der Waals surface area (Å²) in [5, 5.41) is 8.25. The van der Waals surface area contributed by atoms with Crippen LogP contribution in [0, 0.1) is 5.92 Å². The molecular weight excluding hydrogens is 334 g/mol. The molecule has 0 aromatic heterocycles. The first-order chi connectivity index (χ1) is 12.4. The third kappa shape index (κ3) is 9.05. The first-order valence-corrected chi connectivity index (χ1v) is 8.95. The van der Waals surface area contributed by atoms with E-state index in [2.05, 4.69) is 16.0 Å². The Kier molecular flexibility index (Phi) is 9.82. The number of nitrogens with one attached hydrogen (secondary N) is 3. The highest BCUT2D eigenvalue weighted by Crippen LogP contribution is 2.04. The lowest BCUT2D eigenvalue weighted by molar-refractivity contribution is -0.121. The Bertz CT molecular complexity index is 575. The van der Waals surface area contributed by atoms with Crippen LogP contribution in [-0.4, -0.2) is 43.6 Å². The molecule has 7 nitrogen and oxygen atoms in total. The van der Waals surface area contributed by atoms with Gasteiger partial charge in [0.25, 0.3) is 5.91 Å². The van der Waals surface area contributed by atoms with Crippen LogP contribution in [-0.2, 0) is 9.53 Å². The number of carbonyl (C=O) groups is 3. The summed E-state index contributed by atoms with van der Waals surface area (Å²) in [5.41, 5.74) is 0.559. The quantitative estimate of drug-likeness (QED) is 0.593. The van der Waals surface area contributed by atoms with Crippen LogP contribution in [0.1, 0.15) is 44.0 Å². The fraction of sp³-hybridized carbons (Fsp3) is 0.526. The SMILES string of the molecule is CCOC(=O)N[C@@H](CNC(=O)CCNC(=O)c1ccccc1)CC(C)C. The first-order valence-electron chi connectivity index (χ1n) is 8.95. The fourth-order valence-corrected chi connectivity index (χ4v) is 2.41. The van der Waals surface area contributed by atoms with Crippen LogP contribution in [0.3, 0.4) is 0 Å². The number of alkyl carbamates (subject to hydrolysis) is 1. The van der Waals surface area contributed by atoms with Gasteiger partial charge in [0.2, 0.25) is 5.91 Å². The number of amides is 3. The van der Waals surface area contributed by atoms with E-state index in [0.717, 1.165) is 6.42 Å². The zero-order valence-corrected chi connectivity index (χ0v) is 15.7. The molecule has 3 N–H and O–H groups in total. The monoisotopic (exact) mass is 363 g/mol.